The van der Waals surface area contributed by atoms with Crippen molar-refractivity contribution >= 4 is 17.0 Å². The number of unbranched alkanes of at least 4 members (excludes halogenated alkanes) is 1. The summed E-state index contributed by atoms with van der Waals surface area (Å²) in [5.74, 6) is 0.933. The molecule has 0 spiro atoms. The van der Waals surface area contributed by atoms with Crippen LogP contribution in [0, 0.1) is 11.7 Å². The molecule has 0 unspecified atom stereocenters. The Morgan fingerprint density at radius 2 is 2.11 bits per heavy atom. The lowest BCUT2D eigenvalue weighted by molar-refractivity contribution is 0.514. The Kier molecular flexibility index (Phi) is 3.84. The van der Waals surface area contributed by atoms with Gasteiger partial charge in [-0.3, -0.25) is 0 Å². The predicted molar refractivity (Wildman–Crippen MR) is 72.8 cm³/mol. The number of fused-ring (bicyclic) bond motifs is 1. The predicted octanol–water partition coefficient (Wildman–Crippen LogP) is 3.58. The molecule has 2 rings (SSSR count). The highest BCUT2D eigenvalue weighted by atomic mass is 19.1. The van der Waals surface area contributed by atoms with Crippen LogP contribution in [0.5, 0.6) is 0 Å². The van der Waals surface area contributed by atoms with E-state index in [1.807, 2.05) is 4.57 Å². The number of aromatic nitrogens is 2. The van der Waals surface area contributed by atoms with Gasteiger partial charge in [-0.05, 0) is 24.5 Å². The van der Waals surface area contributed by atoms with Crippen LogP contribution in [-0.2, 0) is 6.54 Å². The number of aryl methyl sites for hydroxylation is 1. The van der Waals surface area contributed by atoms with Gasteiger partial charge in [0.05, 0.1) is 11.0 Å². The summed E-state index contributed by atoms with van der Waals surface area (Å²) < 4.78 is 15.1. The van der Waals surface area contributed by atoms with Crippen LogP contribution < -0.4 is 5.73 Å². The number of imidazole rings is 1. The molecule has 4 heteroatoms. The molecule has 0 saturated carbocycles. The Hall–Kier alpha value is -1.58. The Morgan fingerprint density at radius 3 is 2.83 bits per heavy atom. The lowest BCUT2D eigenvalue weighted by atomic mass is 10.1. The van der Waals surface area contributed by atoms with Crippen molar-refractivity contribution in [3.63, 3.8) is 0 Å². The molecular weight excluding hydrogens is 229 g/mol. The first-order chi connectivity index (χ1) is 8.58. The average Bonchev–Trinajstić information content (AvgIpc) is 2.59. The second-order valence-electron chi connectivity index (χ2n) is 5.14. The van der Waals surface area contributed by atoms with Gasteiger partial charge in [-0.1, -0.05) is 26.7 Å². The molecule has 0 bridgehead atoms. The summed E-state index contributed by atoms with van der Waals surface area (Å²) in [5, 5.41) is 0. The summed E-state index contributed by atoms with van der Waals surface area (Å²) in [6.45, 7) is 5.30. The van der Waals surface area contributed by atoms with E-state index >= 15 is 0 Å². The van der Waals surface area contributed by atoms with Crippen LogP contribution in [0.15, 0.2) is 18.2 Å². The molecular formula is C14H20FN3. The van der Waals surface area contributed by atoms with E-state index in [0.717, 1.165) is 24.4 Å². The molecule has 1 aromatic heterocycles. The van der Waals surface area contributed by atoms with E-state index < -0.39 is 0 Å². The first-order valence-corrected chi connectivity index (χ1v) is 6.49. The van der Waals surface area contributed by atoms with Crippen LogP contribution >= 0.6 is 0 Å². The van der Waals surface area contributed by atoms with Gasteiger partial charge in [-0.2, -0.15) is 0 Å². The van der Waals surface area contributed by atoms with E-state index in [4.69, 9.17) is 5.73 Å². The molecule has 2 N–H and O–H groups in total. The van der Waals surface area contributed by atoms with Crippen LogP contribution in [-0.4, -0.2) is 9.55 Å². The number of benzene rings is 1. The Morgan fingerprint density at radius 1 is 1.33 bits per heavy atom. The van der Waals surface area contributed by atoms with E-state index in [-0.39, 0.29) is 5.82 Å². The maximum Gasteiger partial charge on any atom is 0.201 e. The van der Waals surface area contributed by atoms with Crippen molar-refractivity contribution in [3.8, 4) is 0 Å². The fourth-order valence-electron chi connectivity index (χ4n) is 2.18. The maximum atomic E-state index is 13.1. The van der Waals surface area contributed by atoms with Gasteiger partial charge in [-0.25, -0.2) is 9.37 Å². The largest absolute Gasteiger partial charge is 0.369 e. The van der Waals surface area contributed by atoms with Crippen molar-refractivity contribution < 1.29 is 4.39 Å². The average molecular weight is 249 g/mol. The van der Waals surface area contributed by atoms with Crippen molar-refractivity contribution in [2.75, 3.05) is 5.73 Å². The second kappa shape index (κ2) is 5.38. The Bertz CT molecular complexity index is 531. The van der Waals surface area contributed by atoms with Crippen molar-refractivity contribution in [2.24, 2.45) is 5.92 Å². The highest BCUT2D eigenvalue weighted by Gasteiger charge is 2.08. The molecule has 0 amide bonds. The molecule has 0 atom stereocenters. The zero-order valence-corrected chi connectivity index (χ0v) is 11.0. The van der Waals surface area contributed by atoms with Crippen LogP contribution in [0.25, 0.3) is 11.0 Å². The number of nitrogens with two attached hydrogens (primary N) is 1. The zero-order valence-electron chi connectivity index (χ0n) is 11.0. The van der Waals surface area contributed by atoms with Crippen molar-refractivity contribution in [1.82, 2.24) is 9.55 Å². The minimum absolute atomic E-state index is 0.271. The number of hydrogen-bond donors (Lipinski definition) is 1. The molecule has 18 heavy (non-hydrogen) atoms. The summed E-state index contributed by atoms with van der Waals surface area (Å²) >= 11 is 0. The molecule has 0 radical (unpaired) electrons. The van der Waals surface area contributed by atoms with E-state index in [2.05, 4.69) is 18.8 Å². The normalized spacial score (nSPS) is 11.6. The fourth-order valence-corrected chi connectivity index (χ4v) is 2.18. The monoisotopic (exact) mass is 249 g/mol. The van der Waals surface area contributed by atoms with Crippen molar-refractivity contribution in [1.29, 1.82) is 0 Å². The molecule has 3 nitrogen and oxygen atoms in total. The maximum absolute atomic E-state index is 13.1. The number of nitrogens with zero attached hydrogens (tertiary/aromatic N) is 2. The van der Waals surface area contributed by atoms with Gasteiger partial charge in [0.1, 0.15) is 5.82 Å². The van der Waals surface area contributed by atoms with Crippen LogP contribution in [0.4, 0.5) is 10.3 Å². The quantitative estimate of drug-likeness (QED) is 0.823. The SMILES string of the molecule is CC(C)CCCCn1c(N)nc2cc(F)ccc21. The van der Waals surface area contributed by atoms with Crippen LogP contribution in [0.2, 0.25) is 0 Å². The van der Waals surface area contributed by atoms with E-state index in [9.17, 15) is 4.39 Å². The minimum Gasteiger partial charge on any atom is -0.369 e. The number of halogens is 1. The summed E-state index contributed by atoms with van der Waals surface area (Å²) in [7, 11) is 0. The molecule has 0 aliphatic heterocycles. The van der Waals surface area contributed by atoms with E-state index in [0.29, 0.717) is 11.5 Å². The topological polar surface area (TPSA) is 43.8 Å². The Balaban J connectivity index is 2.10. The number of rotatable bonds is 5. The zero-order chi connectivity index (χ0) is 13.1. The summed E-state index contributed by atoms with van der Waals surface area (Å²) in [6, 6.07) is 4.63. The first kappa shape index (κ1) is 12.9. The molecule has 0 aliphatic rings. The minimum atomic E-state index is -0.271. The molecule has 0 fully saturated rings. The second-order valence-corrected chi connectivity index (χ2v) is 5.14. The first-order valence-electron chi connectivity index (χ1n) is 6.49. The van der Waals surface area contributed by atoms with Gasteiger partial charge in [0, 0.05) is 12.6 Å². The van der Waals surface area contributed by atoms with Gasteiger partial charge < -0.3 is 10.3 Å². The lowest BCUT2D eigenvalue weighted by Crippen LogP contribution is -2.03. The van der Waals surface area contributed by atoms with E-state index in [1.54, 1.807) is 6.07 Å². The van der Waals surface area contributed by atoms with Crippen molar-refractivity contribution in [2.45, 2.75) is 39.7 Å². The molecule has 1 heterocycles. The third kappa shape index (κ3) is 2.81. The molecule has 0 aliphatic carbocycles. The number of anilines is 1. The number of nitrogen functional groups attached to an aromatic ring is 1. The smallest absolute Gasteiger partial charge is 0.201 e. The van der Waals surface area contributed by atoms with Gasteiger partial charge >= 0.3 is 0 Å². The van der Waals surface area contributed by atoms with Gasteiger partial charge in [0.15, 0.2) is 0 Å². The van der Waals surface area contributed by atoms with Gasteiger partial charge in [0.2, 0.25) is 5.95 Å². The highest BCUT2D eigenvalue weighted by molar-refractivity contribution is 5.78. The number of hydrogen-bond acceptors (Lipinski definition) is 2. The van der Waals surface area contributed by atoms with Gasteiger partial charge in [0.25, 0.3) is 0 Å². The Labute approximate surface area is 107 Å². The van der Waals surface area contributed by atoms with E-state index in [1.165, 1.54) is 25.0 Å². The van der Waals surface area contributed by atoms with Crippen LogP contribution in [0.1, 0.15) is 33.1 Å². The summed E-state index contributed by atoms with van der Waals surface area (Å²) in [6.07, 6.45) is 3.48. The highest BCUT2D eigenvalue weighted by Crippen LogP contribution is 2.20. The molecule has 2 aromatic rings. The summed E-state index contributed by atoms with van der Waals surface area (Å²) in [4.78, 5) is 4.19. The standard InChI is InChI=1S/C14H20FN3/c1-10(2)5-3-4-8-18-13-7-6-11(15)9-12(13)17-14(18)16/h6-7,9-10H,3-5,8H2,1-2H3,(H2,16,17). The molecule has 0 saturated heterocycles. The lowest BCUT2D eigenvalue weighted by Gasteiger charge is -2.07. The third-order valence-electron chi connectivity index (χ3n) is 3.15. The van der Waals surface area contributed by atoms with Crippen LogP contribution in [0.3, 0.4) is 0 Å². The fraction of sp³-hybridized carbons (Fsp3) is 0.500. The summed E-state index contributed by atoms with van der Waals surface area (Å²) in [5.41, 5.74) is 7.43. The van der Waals surface area contributed by atoms with Crippen molar-refractivity contribution in [3.05, 3.63) is 24.0 Å². The molecule has 98 valence electrons. The van der Waals surface area contributed by atoms with Gasteiger partial charge in [-0.15, -0.1) is 0 Å². The molecule has 1 aromatic carbocycles. The third-order valence-corrected chi connectivity index (χ3v) is 3.15.